The van der Waals surface area contributed by atoms with Gasteiger partial charge in [-0.15, -0.1) is 0 Å². The Morgan fingerprint density at radius 3 is 2.94 bits per heavy atom. The van der Waals surface area contributed by atoms with Gasteiger partial charge in [0.1, 0.15) is 5.82 Å². The summed E-state index contributed by atoms with van der Waals surface area (Å²) in [6.45, 7) is 4.94. The van der Waals surface area contributed by atoms with Crippen LogP contribution in [0.4, 0.5) is 10.3 Å². The van der Waals surface area contributed by atoms with Crippen molar-refractivity contribution in [1.29, 1.82) is 0 Å². The predicted octanol–water partition coefficient (Wildman–Crippen LogP) is 3.09. The number of nitrogens with one attached hydrogen (secondary N) is 1. The van der Waals surface area contributed by atoms with Crippen LogP contribution in [-0.2, 0) is 13.0 Å². The number of hydrogen-bond acceptors (Lipinski definition) is 2. The van der Waals surface area contributed by atoms with Crippen LogP contribution in [0.2, 0.25) is 0 Å². The molecule has 0 saturated heterocycles. The standard InChI is InChI=1S/C14H18FN3/c1-11(2)17-14-16-7-9-18(14)8-6-12-4-3-5-13(15)10-12/h3-5,7,9-11H,6,8H2,1-2H3,(H,16,17). The van der Waals surface area contributed by atoms with Crippen molar-refractivity contribution < 1.29 is 4.39 Å². The van der Waals surface area contributed by atoms with Gasteiger partial charge in [0, 0.05) is 25.0 Å². The van der Waals surface area contributed by atoms with Crippen LogP contribution in [-0.4, -0.2) is 15.6 Å². The Bertz CT molecular complexity index is 505. The highest BCUT2D eigenvalue weighted by atomic mass is 19.1. The van der Waals surface area contributed by atoms with Gasteiger partial charge in [0.15, 0.2) is 0 Å². The number of hydrogen-bond donors (Lipinski definition) is 1. The Labute approximate surface area is 107 Å². The number of imidazole rings is 1. The molecule has 18 heavy (non-hydrogen) atoms. The third kappa shape index (κ3) is 3.32. The Kier molecular flexibility index (Phi) is 3.97. The Morgan fingerprint density at radius 1 is 1.39 bits per heavy atom. The number of halogens is 1. The van der Waals surface area contributed by atoms with Crippen LogP contribution < -0.4 is 5.32 Å². The molecule has 1 N–H and O–H groups in total. The second kappa shape index (κ2) is 5.67. The van der Waals surface area contributed by atoms with Gasteiger partial charge in [-0.2, -0.15) is 0 Å². The lowest BCUT2D eigenvalue weighted by atomic mass is 10.1. The molecule has 0 aliphatic heterocycles. The summed E-state index contributed by atoms with van der Waals surface area (Å²) in [5.74, 6) is 0.681. The van der Waals surface area contributed by atoms with Crippen molar-refractivity contribution in [3.05, 3.63) is 48.0 Å². The zero-order valence-corrected chi connectivity index (χ0v) is 10.7. The first-order chi connectivity index (χ1) is 8.65. The van der Waals surface area contributed by atoms with Crippen molar-refractivity contribution in [2.24, 2.45) is 0 Å². The van der Waals surface area contributed by atoms with E-state index >= 15 is 0 Å². The van der Waals surface area contributed by atoms with Crippen LogP contribution in [0.3, 0.4) is 0 Å². The first-order valence-electron chi connectivity index (χ1n) is 6.17. The average molecular weight is 247 g/mol. The zero-order chi connectivity index (χ0) is 13.0. The number of benzene rings is 1. The van der Waals surface area contributed by atoms with Gasteiger partial charge >= 0.3 is 0 Å². The number of anilines is 1. The molecule has 96 valence electrons. The molecule has 3 nitrogen and oxygen atoms in total. The monoisotopic (exact) mass is 247 g/mol. The summed E-state index contributed by atoms with van der Waals surface area (Å²) in [5, 5.41) is 3.28. The highest BCUT2D eigenvalue weighted by molar-refractivity contribution is 5.27. The number of aryl methyl sites for hydroxylation is 2. The smallest absolute Gasteiger partial charge is 0.202 e. The van der Waals surface area contributed by atoms with E-state index in [1.165, 1.54) is 6.07 Å². The Morgan fingerprint density at radius 2 is 2.22 bits per heavy atom. The van der Waals surface area contributed by atoms with E-state index in [1.54, 1.807) is 18.3 Å². The minimum Gasteiger partial charge on any atom is -0.353 e. The lowest BCUT2D eigenvalue weighted by Gasteiger charge is -2.12. The molecule has 0 aliphatic rings. The van der Waals surface area contributed by atoms with Crippen molar-refractivity contribution in [2.45, 2.75) is 32.9 Å². The van der Waals surface area contributed by atoms with Crippen LogP contribution in [0.15, 0.2) is 36.7 Å². The quantitative estimate of drug-likeness (QED) is 0.880. The highest BCUT2D eigenvalue weighted by Crippen LogP contribution is 2.10. The van der Waals surface area contributed by atoms with E-state index in [4.69, 9.17) is 0 Å². The minimum absolute atomic E-state index is 0.182. The van der Waals surface area contributed by atoms with Crippen molar-refractivity contribution in [1.82, 2.24) is 9.55 Å². The average Bonchev–Trinajstić information content (AvgIpc) is 2.73. The van der Waals surface area contributed by atoms with E-state index in [1.807, 2.05) is 16.8 Å². The van der Waals surface area contributed by atoms with Crippen molar-refractivity contribution in [3.8, 4) is 0 Å². The maximum absolute atomic E-state index is 13.1. The Hall–Kier alpha value is -1.84. The van der Waals surface area contributed by atoms with E-state index in [0.29, 0.717) is 6.04 Å². The fraction of sp³-hybridized carbons (Fsp3) is 0.357. The summed E-state index contributed by atoms with van der Waals surface area (Å²) in [7, 11) is 0. The van der Waals surface area contributed by atoms with Crippen LogP contribution in [0.25, 0.3) is 0 Å². The second-order valence-electron chi connectivity index (χ2n) is 4.62. The molecule has 1 aromatic heterocycles. The lowest BCUT2D eigenvalue weighted by molar-refractivity contribution is 0.621. The SMILES string of the molecule is CC(C)Nc1nccn1CCc1cccc(F)c1. The molecular weight excluding hydrogens is 229 g/mol. The van der Waals surface area contributed by atoms with Crippen molar-refractivity contribution >= 4 is 5.95 Å². The molecule has 0 saturated carbocycles. The van der Waals surface area contributed by atoms with Gasteiger partial charge in [-0.1, -0.05) is 12.1 Å². The molecule has 2 rings (SSSR count). The van der Waals surface area contributed by atoms with Crippen LogP contribution in [0.1, 0.15) is 19.4 Å². The number of rotatable bonds is 5. The normalized spacial score (nSPS) is 10.9. The van der Waals surface area contributed by atoms with E-state index < -0.39 is 0 Å². The third-order valence-corrected chi connectivity index (χ3v) is 2.66. The molecule has 1 aromatic carbocycles. The van der Waals surface area contributed by atoms with Crippen LogP contribution in [0.5, 0.6) is 0 Å². The van der Waals surface area contributed by atoms with E-state index in [0.717, 1.165) is 24.5 Å². The maximum Gasteiger partial charge on any atom is 0.202 e. The van der Waals surface area contributed by atoms with E-state index in [9.17, 15) is 4.39 Å². The largest absolute Gasteiger partial charge is 0.353 e. The van der Waals surface area contributed by atoms with Crippen LogP contribution in [0, 0.1) is 5.82 Å². The number of nitrogens with zero attached hydrogens (tertiary/aromatic N) is 2. The molecule has 0 aliphatic carbocycles. The van der Waals surface area contributed by atoms with Gasteiger partial charge in [-0.25, -0.2) is 9.37 Å². The zero-order valence-electron chi connectivity index (χ0n) is 10.7. The predicted molar refractivity (Wildman–Crippen MR) is 71.1 cm³/mol. The van der Waals surface area contributed by atoms with E-state index in [-0.39, 0.29) is 5.82 Å². The maximum atomic E-state index is 13.1. The summed E-state index contributed by atoms with van der Waals surface area (Å²) < 4.78 is 15.1. The lowest BCUT2D eigenvalue weighted by Crippen LogP contribution is -2.15. The summed E-state index contributed by atoms with van der Waals surface area (Å²) >= 11 is 0. The Balaban J connectivity index is 2.00. The highest BCUT2D eigenvalue weighted by Gasteiger charge is 2.04. The molecule has 4 heteroatoms. The van der Waals surface area contributed by atoms with Gasteiger partial charge in [0.05, 0.1) is 0 Å². The molecule has 0 bridgehead atoms. The molecule has 0 atom stereocenters. The van der Waals surface area contributed by atoms with Crippen LogP contribution >= 0.6 is 0 Å². The van der Waals surface area contributed by atoms with E-state index in [2.05, 4.69) is 24.1 Å². The minimum atomic E-state index is -0.182. The number of aromatic nitrogens is 2. The fourth-order valence-electron chi connectivity index (χ4n) is 1.83. The molecule has 0 unspecified atom stereocenters. The van der Waals surface area contributed by atoms with Gasteiger partial charge in [-0.05, 0) is 38.0 Å². The summed E-state index contributed by atoms with van der Waals surface area (Å²) in [5.41, 5.74) is 0.999. The molecule has 0 radical (unpaired) electrons. The second-order valence-corrected chi connectivity index (χ2v) is 4.62. The summed E-state index contributed by atoms with van der Waals surface area (Å²) in [6.07, 6.45) is 4.50. The van der Waals surface area contributed by atoms with Gasteiger partial charge < -0.3 is 9.88 Å². The van der Waals surface area contributed by atoms with Crippen molar-refractivity contribution in [3.63, 3.8) is 0 Å². The molecule has 0 amide bonds. The molecule has 2 aromatic rings. The molecular formula is C14H18FN3. The third-order valence-electron chi connectivity index (χ3n) is 2.66. The topological polar surface area (TPSA) is 29.9 Å². The van der Waals surface area contributed by atoms with Gasteiger partial charge in [0.2, 0.25) is 5.95 Å². The first-order valence-corrected chi connectivity index (χ1v) is 6.17. The van der Waals surface area contributed by atoms with Crippen molar-refractivity contribution in [2.75, 3.05) is 5.32 Å². The summed E-state index contributed by atoms with van der Waals surface area (Å²) in [6, 6.07) is 7.07. The summed E-state index contributed by atoms with van der Waals surface area (Å²) in [4.78, 5) is 4.26. The molecule has 1 heterocycles. The van der Waals surface area contributed by atoms with Gasteiger partial charge in [0.25, 0.3) is 0 Å². The molecule has 0 fully saturated rings. The fourth-order valence-corrected chi connectivity index (χ4v) is 1.83. The molecule has 0 spiro atoms. The first kappa shape index (κ1) is 12.6. The van der Waals surface area contributed by atoms with Gasteiger partial charge in [-0.3, -0.25) is 0 Å².